The van der Waals surface area contributed by atoms with Crippen LogP contribution in [-0.4, -0.2) is 24.3 Å². The summed E-state index contributed by atoms with van der Waals surface area (Å²) >= 11 is 4.67. The summed E-state index contributed by atoms with van der Waals surface area (Å²) in [5.41, 5.74) is 5.48. The quantitative estimate of drug-likeness (QED) is 0.857. The minimum Gasteiger partial charge on any atom is -0.484 e. The van der Waals surface area contributed by atoms with Gasteiger partial charge in [0, 0.05) is 18.4 Å². The summed E-state index contributed by atoms with van der Waals surface area (Å²) in [6, 6.07) is 2.17. The summed E-state index contributed by atoms with van der Waals surface area (Å²) in [6.45, 7) is 1.08. The van der Waals surface area contributed by atoms with E-state index >= 15 is 0 Å². The van der Waals surface area contributed by atoms with E-state index in [1.165, 1.54) is 0 Å². The normalized spacial score (nSPS) is 16.6. The molecular weight excluding hydrogens is 260 g/mol. The Morgan fingerprint density at radius 1 is 1.28 bits per heavy atom. The number of benzene rings is 1. The van der Waals surface area contributed by atoms with Gasteiger partial charge in [-0.1, -0.05) is 12.2 Å². The molecule has 0 saturated carbocycles. The monoisotopic (exact) mass is 273 g/mol. The Morgan fingerprint density at radius 3 is 2.33 bits per heavy atom. The molecular formula is C12H13F2NO2S. The number of rotatable bonds is 3. The predicted molar refractivity (Wildman–Crippen MR) is 66.7 cm³/mol. The van der Waals surface area contributed by atoms with E-state index in [0.717, 1.165) is 12.1 Å². The molecule has 1 aromatic rings. The molecule has 1 aliphatic heterocycles. The van der Waals surface area contributed by atoms with Crippen molar-refractivity contribution >= 4 is 17.2 Å². The van der Waals surface area contributed by atoms with E-state index in [-0.39, 0.29) is 22.4 Å². The van der Waals surface area contributed by atoms with Crippen molar-refractivity contribution in [1.29, 1.82) is 0 Å². The molecule has 0 aromatic heterocycles. The number of halogens is 2. The molecule has 1 heterocycles. The maximum atomic E-state index is 13.7. The molecule has 6 heteroatoms. The topological polar surface area (TPSA) is 44.5 Å². The molecule has 1 aromatic carbocycles. The number of thiocarbonyl (C=S) groups is 1. The van der Waals surface area contributed by atoms with Crippen LogP contribution in [0.15, 0.2) is 12.1 Å². The molecule has 2 rings (SSSR count). The second-order valence-electron chi connectivity index (χ2n) is 4.06. The van der Waals surface area contributed by atoms with Crippen LogP contribution in [0.3, 0.4) is 0 Å². The standard InChI is InChI=1S/C12H13F2NO2S/c13-9-5-7(12(15)18)6-10(14)11(9)17-8-1-3-16-4-2-8/h5-6,8H,1-4H2,(H2,15,18). The average Bonchev–Trinajstić information content (AvgIpc) is 2.34. The van der Waals surface area contributed by atoms with Crippen molar-refractivity contribution in [2.45, 2.75) is 18.9 Å². The van der Waals surface area contributed by atoms with Gasteiger partial charge in [-0.3, -0.25) is 0 Å². The number of hydrogen-bond donors (Lipinski definition) is 1. The third-order valence-corrected chi connectivity index (χ3v) is 2.97. The average molecular weight is 273 g/mol. The Hall–Kier alpha value is -1.27. The van der Waals surface area contributed by atoms with E-state index < -0.39 is 11.6 Å². The van der Waals surface area contributed by atoms with Gasteiger partial charge in [0.25, 0.3) is 0 Å². The van der Waals surface area contributed by atoms with E-state index in [1.54, 1.807) is 0 Å². The van der Waals surface area contributed by atoms with Gasteiger partial charge in [0.05, 0.1) is 13.2 Å². The van der Waals surface area contributed by atoms with Crippen molar-refractivity contribution in [2.75, 3.05) is 13.2 Å². The predicted octanol–water partition coefficient (Wildman–Crippen LogP) is 2.16. The fourth-order valence-electron chi connectivity index (χ4n) is 1.78. The summed E-state index contributed by atoms with van der Waals surface area (Å²) in [6.07, 6.45) is 1.02. The first kappa shape index (κ1) is 13.2. The molecule has 1 aliphatic rings. The summed E-state index contributed by atoms with van der Waals surface area (Å²) in [7, 11) is 0. The largest absolute Gasteiger partial charge is 0.484 e. The molecule has 0 aliphatic carbocycles. The Labute approximate surface area is 109 Å². The molecule has 98 valence electrons. The first-order chi connectivity index (χ1) is 8.58. The summed E-state index contributed by atoms with van der Waals surface area (Å²) in [4.78, 5) is -0.0505. The van der Waals surface area contributed by atoms with E-state index in [1.807, 2.05) is 0 Å². The third kappa shape index (κ3) is 2.94. The van der Waals surface area contributed by atoms with Crippen LogP contribution in [0.25, 0.3) is 0 Å². The number of nitrogens with two attached hydrogens (primary N) is 1. The summed E-state index contributed by atoms with van der Waals surface area (Å²) in [5.74, 6) is -1.95. The highest BCUT2D eigenvalue weighted by molar-refractivity contribution is 7.80. The molecule has 0 radical (unpaired) electrons. The van der Waals surface area contributed by atoms with Crippen LogP contribution in [0.1, 0.15) is 18.4 Å². The maximum Gasteiger partial charge on any atom is 0.191 e. The second kappa shape index (κ2) is 5.58. The lowest BCUT2D eigenvalue weighted by Gasteiger charge is -2.23. The van der Waals surface area contributed by atoms with E-state index in [2.05, 4.69) is 12.2 Å². The Bertz CT molecular complexity index is 438. The third-order valence-electron chi connectivity index (χ3n) is 2.74. The highest BCUT2D eigenvalue weighted by Gasteiger charge is 2.20. The van der Waals surface area contributed by atoms with Crippen molar-refractivity contribution in [3.05, 3.63) is 29.3 Å². The molecule has 1 fully saturated rings. The van der Waals surface area contributed by atoms with Crippen molar-refractivity contribution in [3.63, 3.8) is 0 Å². The molecule has 1 saturated heterocycles. The minimum atomic E-state index is -0.788. The summed E-state index contributed by atoms with van der Waals surface area (Å²) < 4.78 is 37.9. The van der Waals surface area contributed by atoms with E-state index in [0.29, 0.717) is 26.1 Å². The van der Waals surface area contributed by atoms with Gasteiger partial charge in [0.15, 0.2) is 17.4 Å². The lowest BCUT2D eigenvalue weighted by Crippen LogP contribution is -2.26. The first-order valence-electron chi connectivity index (χ1n) is 5.61. The van der Waals surface area contributed by atoms with Crippen molar-refractivity contribution in [3.8, 4) is 5.75 Å². The fourth-order valence-corrected chi connectivity index (χ4v) is 1.89. The van der Waals surface area contributed by atoms with Crippen LogP contribution in [0.5, 0.6) is 5.75 Å². The zero-order chi connectivity index (χ0) is 13.1. The maximum absolute atomic E-state index is 13.7. The molecule has 3 nitrogen and oxygen atoms in total. The van der Waals surface area contributed by atoms with Crippen molar-refractivity contribution in [2.24, 2.45) is 5.73 Å². The lowest BCUT2D eigenvalue weighted by atomic mass is 10.1. The van der Waals surface area contributed by atoms with Crippen molar-refractivity contribution < 1.29 is 18.3 Å². The molecule has 0 atom stereocenters. The second-order valence-corrected chi connectivity index (χ2v) is 4.50. The van der Waals surface area contributed by atoms with Crippen LogP contribution in [0.2, 0.25) is 0 Å². The highest BCUT2D eigenvalue weighted by Crippen LogP contribution is 2.26. The fraction of sp³-hybridized carbons (Fsp3) is 0.417. The Kier molecular flexibility index (Phi) is 4.08. The van der Waals surface area contributed by atoms with E-state index in [4.69, 9.17) is 15.2 Å². The zero-order valence-corrected chi connectivity index (χ0v) is 10.4. The van der Waals surface area contributed by atoms with Gasteiger partial charge in [0.1, 0.15) is 11.1 Å². The lowest BCUT2D eigenvalue weighted by molar-refractivity contribution is 0.0223. The van der Waals surface area contributed by atoms with Crippen LogP contribution >= 0.6 is 12.2 Å². The number of ether oxygens (including phenoxy) is 2. The van der Waals surface area contributed by atoms with Crippen LogP contribution in [0, 0.1) is 11.6 Å². The van der Waals surface area contributed by atoms with E-state index in [9.17, 15) is 8.78 Å². The molecule has 18 heavy (non-hydrogen) atoms. The smallest absolute Gasteiger partial charge is 0.191 e. The first-order valence-corrected chi connectivity index (χ1v) is 6.02. The molecule has 0 unspecified atom stereocenters. The van der Waals surface area contributed by atoms with Crippen molar-refractivity contribution in [1.82, 2.24) is 0 Å². The summed E-state index contributed by atoms with van der Waals surface area (Å²) in [5, 5.41) is 0. The van der Waals surface area contributed by atoms with Gasteiger partial charge < -0.3 is 15.2 Å². The van der Waals surface area contributed by atoms with Gasteiger partial charge in [-0.25, -0.2) is 8.78 Å². The van der Waals surface area contributed by atoms with Crippen LogP contribution < -0.4 is 10.5 Å². The Balaban J connectivity index is 2.19. The van der Waals surface area contributed by atoms with Crippen LogP contribution in [0.4, 0.5) is 8.78 Å². The Morgan fingerprint density at radius 2 is 1.83 bits per heavy atom. The van der Waals surface area contributed by atoms with Gasteiger partial charge in [-0.2, -0.15) is 0 Å². The van der Waals surface area contributed by atoms with Gasteiger partial charge in [-0.15, -0.1) is 0 Å². The molecule has 2 N–H and O–H groups in total. The van der Waals surface area contributed by atoms with Gasteiger partial charge >= 0.3 is 0 Å². The minimum absolute atomic E-state index is 0.0505. The number of hydrogen-bond acceptors (Lipinski definition) is 3. The SMILES string of the molecule is NC(=S)c1cc(F)c(OC2CCOCC2)c(F)c1. The molecule has 0 bridgehead atoms. The van der Waals surface area contributed by atoms with Gasteiger partial charge in [0.2, 0.25) is 0 Å². The van der Waals surface area contributed by atoms with Crippen LogP contribution in [-0.2, 0) is 4.74 Å². The molecule has 0 spiro atoms. The van der Waals surface area contributed by atoms with Gasteiger partial charge in [-0.05, 0) is 12.1 Å². The zero-order valence-electron chi connectivity index (χ0n) is 9.62. The molecule has 0 amide bonds. The highest BCUT2D eigenvalue weighted by atomic mass is 32.1.